The zero-order chi connectivity index (χ0) is 25.1. The van der Waals surface area contributed by atoms with Crippen molar-refractivity contribution in [1.29, 1.82) is 0 Å². The topological polar surface area (TPSA) is 127 Å². The molecular weight excluding hydrogens is 462 g/mol. The fraction of sp³-hybridized carbons (Fsp3) is 0.500. The average molecular weight is 492 g/mol. The zero-order valence-corrected chi connectivity index (χ0v) is 20.3. The predicted molar refractivity (Wildman–Crippen MR) is 129 cm³/mol. The summed E-state index contributed by atoms with van der Waals surface area (Å²) < 4.78 is 11.6. The van der Waals surface area contributed by atoms with Crippen LogP contribution in [0.5, 0.6) is 0 Å². The molecule has 3 aliphatic heterocycles. The van der Waals surface area contributed by atoms with Crippen molar-refractivity contribution in [2.24, 2.45) is 11.8 Å². The minimum atomic E-state index is -1.28. The Hall–Kier alpha value is -3.53. The van der Waals surface area contributed by atoms with Gasteiger partial charge in [0.2, 0.25) is 17.7 Å². The smallest absolute Gasteiger partial charge is 0.246 e. The normalized spacial score (nSPS) is 33.1. The van der Waals surface area contributed by atoms with Crippen molar-refractivity contribution in [3.05, 3.63) is 48.5 Å². The van der Waals surface area contributed by atoms with Crippen molar-refractivity contribution in [3.63, 3.8) is 0 Å². The maximum absolute atomic E-state index is 14.1. The molecule has 1 aliphatic carbocycles. The van der Waals surface area contributed by atoms with Gasteiger partial charge in [-0.3, -0.25) is 24.3 Å². The Morgan fingerprint density at radius 2 is 1.97 bits per heavy atom. The number of nitrogens with zero attached hydrogens (tertiary/aromatic N) is 3. The first-order valence-electron chi connectivity index (χ1n) is 12.5. The van der Waals surface area contributed by atoms with Crippen LogP contribution in [-0.4, -0.2) is 51.1 Å². The van der Waals surface area contributed by atoms with Crippen LogP contribution in [0.1, 0.15) is 44.8 Å². The Kier molecular flexibility index (Phi) is 5.26. The van der Waals surface area contributed by atoms with E-state index in [0.717, 1.165) is 32.1 Å². The molecule has 5 heterocycles. The first-order chi connectivity index (χ1) is 17.3. The summed E-state index contributed by atoms with van der Waals surface area (Å²) in [7, 11) is 0. The number of aromatic nitrogens is 2. The number of amides is 3. The molecule has 2 bridgehead atoms. The van der Waals surface area contributed by atoms with Gasteiger partial charge in [-0.1, -0.05) is 36.6 Å². The number of nitrogens with one attached hydrogen (secondary N) is 2. The Balaban J connectivity index is 1.39. The van der Waals surface area contributed by atoms with E-state index in [1.165, 1.54) is 4.90 Å². The van der Waals surface area contributed by atoms with Gasteiger partial charge in [0.25, 0.3) is 0 Å². The molecule has 36 heavy (non-hydrogen) atoms. The van der Waals surface area contributed by atoms with Crippen LogP contribution in [0.4, 0.5) is 11.5 Å². The molecule has 2 aromatic heterocycles. The van der Waals surface area contributed by atoms with E-state index in [9.17, 15) is 14.4 Å². The second-order valence-electron chi connectivity index (χ2n) is 10.4. The molecule has 0 unspecified atom stereocenters. The molecule has 4 aliphatic rings. The van der Waals surface area contributed by atoms with Gasteiger partial charge in [0.05, 0.1) is 29.3 Å². The standard InChI is InChI=1S/C26H29N5O5/c1-15-13-18(30-35-15)29-22(32)19-20-24(34)31(17-9-6-12-27-14-17)21(26(20)11-10-25(19,2)36-26)23(33)28-16-7-4-3-5-8-16/h6,9-14,16,19-21H,3-5,7-8H2,1-2H3,(H,28,33)(H,29,30,32)/t19-,20-,21-,25+,26+/m0/s1. The number of pyridine rings is 1. The largest absolute Gasteiger partial charge is 0.360 e. The first kappa shape index (κ1) is 22.9. The number of hydrogen-bond donors (Lipinski definition) is 2. The number of carbonyl (C=O) groups excluding carboxylic acids is 3. The summed E-state index contributed by atoms with van der Waals surface area (Å²) in [4.78, 5) is 47.1. The Morgan fingerprint density at radius 3 is 2.67 bits per heavy atom. The third-order valence-corrected chi connectivity index (χ3v) is 7.98. The molecule has 0 radical (unpaired) electrons. The minimum absolute atomic E-state index is 0.0558. The van der Waals surface area contributed by atoms with E-state index in [2.05, 4.69) is 20.8 Å². The van der Waals surface area contributed by atoms with E-state index in [-0.39, 0.29) is 23.7 Å². The summed E-state index contributed by atoms with van der Waals surface area (Å²) in [6.07, 6.45) is 11.9. The summed E-state index contributed by atoms with van der Waals surface area (Å²) in [5.74, 6) is -1.95. The van der Waals surface area contributed by atoms with Crippen LogP contribution in [0.2, 0.25) is 0 Å². The maximum Gasteiger partial charge on any atom is 0.246 e. The second-order valence-corrected chi connectivity index (χ2v) is 10.4. The van der Waals surface area contributed by atoms with Crippen LogP contribution in [0.15, 0.2) is 47.3 Å². The van der Waals surface area contributed by atoms with Crippen LogP contribution in [0, 0.1) is 18.8 Å². The first-order valence-corrected chi connectivity index (χ1v) is 12.5. The van der Waals surface area contributed by atoms with Crippen LogP contribution in [-0.2, 0) is 19.1 Å². The third kappa shape index (κ3) is 3.38. The van der Waals surface area contributed by atoms with Gasteiger partial charge in [0.1, 0.15) is 17.4 Å². The molecule has 2 N–H and O–H groups in total. The predicted octanol–water partition coefficient (Wildman–Crippen LogP) is 2.51. The van der Waals surface area contributed by atoms with Gasteiger partial charge in [-0.15, -0.1) is 0 Å². The Bertz CT molecular complexity index is 1240. The zero-order valence-electron chi connectivity index (χ0n) is 20.3. The minimum Gasteiger partial charge on any atom is -0.360 e. The number of ether oxygens (including phenoxy) is 1. The van der Waals surface area contributed by atoms with Crippen LogP contribution < -0.4 is 15.5 Å². The highest BCUT2D eigenvalue weighted by Gasteiger charge is 2.76. The van der Waals surface area contributed by atoms with Crippen LogP contribution >= 0.6 is 0 Å². The Labute approximate surface area is 208 Å². The molecule has 10 nitrogen and oxygen atoms in total. The van der Waals surface area contributed by atoms with Gasteiger partial charge in [0.15, 0.2) is 5.82 Å². The summed E-state index contributed by atoms with van der Waals surface area (Å²) in [6, 6.07) is 4.16. The fourth-order valence-corrected chi connectivity index (χ4v) is 6.46. The maximum atomic E-state index is 14.1. The van der Waals surface area contributed by atoms with Crippen molar-refractivity contribution in [2.45, 2.75) is 69.2 Å². The number of anilines is 2. The molecule has 6 rings (SSSR count). The van der Waals surface area contributed by atoms with Crippen LogP contribution in [0.3, 0.4) is 0 Å². The second kappa shape index (κ2) is 8.26. The molecule has 3 amide bonds. The van der Waals surface area contributed by atoms with Crippen molar-refractivity contribution in [1.82, 2.24) is 15.5 Å². The van der Waals surface area contributed by atoms with Gasteiger partial charge >= 0.3 is 0 Å². The summed E-state index contributed by atoms with van der Waals surface area (Å²) in [5, 5.41) is 9.80. The number of aryl methyl sites for hydroxylation is 1. The number of rotatable bonds is 5. The van der Waals surface area contributed by atoms with Crippen molar-refractivity contribution < 1.29 is 23.6 Å². The van der Waals surface area contributed by atoms with Crippen molar-refractivity contribution >= 4 is 29.2 Å². The van der Waals surface area contributed by atoms with E-state index in [0.29, 0.717) is 11.4 Å². The van der Waals surface area contributed by atoms with E-state index < -0.39 is 35.0 Å². The molecule has 0 aromatic carbocycles. The van der Waals surface area contributed by atoms with Gasteiger partial charge in [-0.05, 0) is 38.8 Å². The highest BCUT2D eigenvalue weighted by molar-refractivity contribution is 6.11. The lowest BCUT2D eigenvalue weighted by Gasteiger charge is -2.34. The molecule has 10 heteroatoms. The number of carbonyl (C=O) groups is 3. The van der Waals surface area contributed by atoms with E-state index in [1.54, 1.807) is 50.5 Å². The lowest BCUT2D eigenvalue weighted by atomic mass is 9.70. The third-order valence-electron chi connectivity index (χ3n) is 7.98. The highest BCUT2D eigenvalue weighted by Crippen LogP contribution is 2.60. The highest BCUT2D eigenvalue weighted by atomic mass is 16.5. The number of hydrogen-bond acceptors (Lipinski definition) is 7. The molecule has 3 fully saturated rings. The molecule has 1 saturated carbocycles. The molecule has 1 spiro atoms. The van der Waals surface area contributed by atoms with Gasteiger partial charge in [-0.25, -0.2) is 0 Å². The molecule has 188 valence electrons. The molecule has 5 atom stereocenters. The SMILES string of the molecule is Cc1cc(NC(=O)[C@@H]2[C@H]3C(=O)N(c4cccnc4)[C@@H](C(=O)NC4CCCCC4)[C@@]34C=C[C@@]2(C)O4)no1. The van der Waals surface area contributed by atoms with Gasteiger partial charge < -0.3 is 19.9 Å². The van der Waals surface area contributed by atoms with Crippen molar-refractivity contribution in [2.75, 3.05) is 10.2 Å². The lowest BCUT2D eigenvalue weighted by molar-refractivity contribution is -0.131. The van der Waals surface area contributed by atoms with Crippen LogP contribution in [0.25, 0.3) is 0 Å². The summed E-state index contributed by atoms with van der Waals surface area (Å²) >= 11 is 0. The average Bonchev–Trinajstić information content (AvgIpc) is 3.57. The summed E-state index contributed by atoms with van der Waals surface area (Å²) in [6.45, 7) is 3.51. The lowest BCUT2D eigenvalue weighted by Crippen LogP contribution is -2.56. The van der Waals surface area contributed by atoms with E-state index >= 15 is 0 Å². The van der Waals surface area contributed by atoms with E-state index in [4.69, 9.17) is 9.26 Å². The monoisotopic (exact) mass is 491 g/mol. The number of fused-ring (bicyclic) bond motifs is 1. The van der Waals surface area contributed by atoms with E-state index in [1.807, 2.05) is 6.08 Å². The Morgan fingerprint density at radius 1 is 1.17 bits per heavy atom. The van der Waals surface area contributed by atoms with Gasteiger partial charge in [0, 0.05) is 18.3 Å². The fourth-order valence-electron chi connectivity index (χ4n) is 6.46. The molecule has 2 saturated heterocycles. The molecular formula is C26H29N5O5. The van der Waals surface area contributed by atoms with Gasteiger partial charge in [-0.2, -0.15) is 0 Å². The van der Waals surface area contributed by atoms with Crippen molar-refractivity contribution in [3.8, 4) is 0 Å². The quantitative estimate of drug-likeness (QED) is 0.616. The molecule has 2 aromatic rings. The summed E-state index contributed by atoms with van der Waals surface area (Å²) in [5.41, 5.74) is -1.83.